The average Bonchev–Trinajstić information content (AvgIpc) is 3.18. The van der Waals surface area contributed by atoms with Crippen LogP contribution in [0.3, 0.4) is 0 Å². The lowest BCUT2D eigenvalue weighted by molar-refractivity contribution is -0.121. The third kappa shape index (κ3) is 3.88. The molecule has 0 radical (unpaired) electrons. The minimum absolute atomic E-state index is 0.00133. The van der Waals surface area contributed by atoms with E-state index in [-0.39, 0.29) is 24.5 Å². The number of benzene rings is 2. The maximum atomic E-state index is 12.6. The molecule has 0 saturated carbocycles. The standard InChI is InChI=1S/C23H25N3O3/c1-5-15-6-8-16(9-7-15)22-24-20(29-25-22)13-26-18-12-17(23(2,3)4)10-11-19(18)28-14-21(26)27/h6-12H,5,13-14H2,1-4H3. The highest BCUT2D eigenvalue weighted by molar-refractivity contribution is 5.97. The zero-order chi connectivity index (χ0) is 20.6. The van der Waals surface area contributed by atoms with Crippen molar-refractivity contribution < 1.29 is 14.1 Å². The molecule has 2 aromatic carbocycles. The Balaban J connectivity index is 1.61. The number of fused-ring (bicyclic) bond motifs is 1. The Bertz CT molecular complexity index is 1030. The Kier molecular flexibility index (Phi) is 4.86. The van der Waals surface area contributed by atoms with Crippen LogP contribution in [0.4, 0.5) is 5.69 Å². The molecule has 4 rings (SSSR count). The molecule has 1 aromatic heterocycles. The summed E-state index contributed by atoms with van der Waals surface area (Å²) < 4.78 is 11.1. The van der Waals surface area contributed by atoms with Crippen molar-refractivity contribution in [2.45, 2.75) is 46.1 Å². The van der Waals surface area contributed by atoms with Crippen LogP contribution in [-0.4, -0.2) is 22.7 Å². The van der Waals surface area contributed by atoms with Gasteiger partial charge in [0, 0.05) is 5.56 Å². The summed E-state index contributed by atoms with van der Waals surface area (Å²) >= 11 is 0. The Morgan fingerprint density at radius 1 is 1.10 bits per heavy atom. The second kappa shape index (κ2) is 7.35. The molecule has 0 N–H and O–H groups in total. The van der Waals surface area contributed by atoms with E-state index in [0.717, 1.165) is 23.2 Å². The lowest BCUT2D eigenvalue weighted by Gasteiger charge is -2.30. The molecule has 0 unspecified atom stereocenters. The van der Waals surface area contributed by atoms with Crippen LogP contribution in [0.1, 0.15) is 44.7 Å². The van der Waals surface area contributed by atoms with Gasteiger partial charge in [0.2, 0.25) is 11.7 Å². The summed E-state index contributed by atoms with van der Waals surface area (Å²) in [5.74, 6) is 1.47. The molecule has 1 amide bonds. The van der Waals surface area contributed by atoms with E-state index in [2.05, 4.69) is 50.0 Å². The Morgan fingerprint density at radius 3 is 2.55 bits per heavy atom. The van der Waals surface area contributed by atoms with Gasteiger partial charge in [-0.2, -0.15) is 4.98 Å². The highest BCUT2D eigenvalue weighted by atomic mass is 16.5. The number of aryl methyl sites for hydroxylation is 1. The van der Waals surface area contributed by atoms with E-state index >= 15 is 0 Å². The number of nitrogens with zero attached hydrogens (tertiary/aromatic N) is 3. The zero-order valence-electron chi connectivity index (χ0n) is 17.2. The quantitative estimate of drug-likeness (QED) is 0.654. The zero-order valence-corrected chi connectivity index (χ0v) is 17.2. The Morgan fingerprint density at radius 2 is 1.86 bits per heavy atom. The molecule has 6 nitrogen and oxygen atoms in total. The summed E-state index contributed by atoms with van der Waals surface area (Å²) in [6.07, 6.45) is 0.979. The Hall–Kier alpha value is -3.15. The van der Waals surface area contributed by atoms with Crippen molar-refractivity contribution in [3.63, 3.8) is 0 Å². The SMILES string of the molecule is CCc1ccc(-c2noc(CN3C(=O)COc4ccc(C(C)(C)C)cc43)n2)cc1. The third-order valence-corrected chi connectivity index (χ3v) is 5.15. The molecule has 150 valence electrons. The number of amides is 1. The van der Waals surface area contributed by atoms with E-state index in [1.807, 2.05) is 30.3 Å². The second-order valence-corrected chi connectivity index (χ2v) is 8.26. The van der Waals surface area contributed by atoms with E-state index < -0.39 is 0 Å². The number of hydrogen-bond acceptors (Lipinski definition) is 5. The van der Waals surface area contributed by atoms with E-state index in [0.29, 0.717) is 17.5 Å². The third-order valence-electron chi connectivity index (χ3n) is 5.15. The smallest absolute Gasteiger partial charge is 0.265 e. The van der Waals surface area contributed by atoms with E-state index in [4.69, 9.17) is 9.26 Å². The normalized spacial score (nSPS) is 13.9. The largest absolute Gasteiger partial charge is 0.482 e. The molecule has 3 aromatic rings. The van der Waals surface area contributed by atoms with Gasteiger partial charge in [0.25, 0.3) is 5.91 Å². The van der Waals surface area contributed by atoms with Crippen molar-refractivity contribution in [2.24, 2.45) is 0 Å². The molecular formula is C23H25N3O3. The number of carbonyl (C=O) groups excluding carboxylic acids is 1. The van der Waals surface area contributed by atoms with Crippen molar-refractivity contribution in [3.05, 3.63) is 59.5 Å². The minimum atomic E-state index is -0.129. The van der Waals surface area contributed by atoms with Gasteiger partial charge >= 0.3 is 0 Å². The van der Waals surface area contributed by atoms with Crippen molar-refractivity contribution in [1.82, 2.24) is 10.1 Å². The molecule has 1 aliphatic heterocycles. The van der Waals surface area contributed by atoms with Gasteiger partial charge in [-0.3, -0.25) is 9.69 Å². The second-order valence-electron chi connectivity index (χ2n) is 8.26. The number of anilines is 1. The van der Waals surface area contributed by atoms with Crippen LogP contribution in [0.25, 0.3) is 11.4 Å². The Labute approximate surface area is 170 Å². The predicted octanol–water partition coefficient (Wildman–Crippen LogP) is 4.52. The summed E-state index contributed by atoms with van der Waals surface area (Å²) in [7, 11) is 0. The lowest BCUT2D eigenvalue weighted by atomic mass is 9.86. The number of rotatable bonds is 4. The van der Waals surface area contributed by atoms with Gasteiger partial charge in [-0.1, -0.05) is 63.2 Å². The fraction of sp³-hybridized carbons (Fsp3) is 0.348. The van der Waals surface area contributed by atoms with Crippen LogP contribution >= 0.6 is 0 Å². The minimum Gasteiger partial charge on any atom is -0.482 e. The number of hydrogen-bond donors (Lipinski definition) is 0. The summed E-state index contributed by atoms with van der Waals surface area (Å²) in [5, 5.41) is 4.09. The fourth-order valence-corrected chi connectivity index (χ4v) is 3.30. The van der Waals surface area contributed by atoms with Gasteiger partial charge in [-0.25, -0.2) is 0 Å². The van der Waals surface area contributed by atoms with Gasteiger partial charge in [-0.15, -0.1) is 0 Å². The average molecular weight is 391 g/mol. The first kappa shape index (κ1) is 19.2. The molecule has 1 aliphatic rings. The lowest BCUT2D eigenvalue weighted by Crippen LogP contribution is -2.38. The van der Waals surface area contributed by atoms with Gasteiger partial charge in [-0.05, 0) is 35.1 Å². The highest BCUT2D eigenvalue weighted by Crippen LogP contribution is 2.37. The highest BCUT2D eigenvalue weighted by Gasteiger charge is 2.29. The molecule has 0 aliphatic carbocycles. The number of carbonyl (C=O) groups is 1. The van der Waals surface area contributed by atoms with Crippen molar-refractivity contribution in [3.8, 4) is 17.1 Å². The summed E-state index contributed by atoms with van der Waals surface area (Å²) in [5.41, 5.74) is 3.97. The van der Waals surface area contributed by atoms with Crippen LogP contribution in [-0.2, 0) is 23.2 Å². The maximum Gasteiger partial charge on any atom is 0.265 e. The number of aromatic nitrogens is 2. The monoisotopic (exact) mass is 391 g/mol. The van der Waals surface area contributed by atoms with Crippen LogP contribution in [0, 0.1) is 0 Å². The topological polar surface area (TPSA) is 68.5 Å². The van der Waals surface area contributed by atoms with E-state index in [1.165, 1.54) is 5.56 Å². The van der Waals surface area contributed by atoms with Crippen molar-refractivity contribution in [1.29, 1.82) is 0 Å². The van der Waals surface area contributed by atoms with Crippen LogP contribution in [0.5, 0.6) is 5.75 Å². The van der Waals surface area contributed by atoms with Crippen LogP contribution < -0.4 is 9.64 Å². The molecule has 0 atom stereocenters. The number of ether oxygens (including phenoxy) is 1. The molecule has 0 saturated heterocycles. The van der Waals surface area contributed by atoms with Gasteiger partial charge in [0.15, 0.2) is 6.61 Å². The fourth-order valence-electron chi connectivity index (χ4n) is 3.30. The maximum absolute atomic E-state index is 12.6. The van der Waals surface area contributed by atoms with Crippen molar-refractivity contribution in [2.75, 3.05) is 11.5 Å². The molecule has 6 heteroatoms. The summed E-state index contributed by atoms with van der Waals surface area (Å²) in [6.45, 7) is 8.74. The molecule has 2 heterocycles. The van der Waals surface area contributed by atoms with Gasteiger partial charge in [0.1, 0.15) is 12.3 Å². The molecule has 0 bridgehead atoms. The molecular weight excluding hydrogens is 366 g/mol. The predicted molar refractivity (Wildman–Crippen MR) is 111 cm³/mol. The molecule has 29 heavy (non-hydrogen) atoms. The van der Waals surface area contributed by atoms with Crippen LogP contribution in [0.2, 0.25) is 0 Å². The van der Waals surface area contributed by atoms with Crippen LogP contribution in [0.15, 0.2) is 47.0 Å². The first-order valence-electron chi connectivity index (χ1n) is 9.85. The van der Waals surface area contributed by atoms with E-state index in [1.54, 1.807) is 4.90 Å². The molecule has 0 fully saturated rings. The summed E-state index contributed by atoms with van der Waals surface area (Å²) in [4.78, 5) is 18.7. The first-order valence-corrected chi connectivity index (χ1v) is 9.85. The van der Waals surface area contributed by atoms with Gasteiger partial charge in [0.05, 0.1) is 5.69 Å². The van der Waals surface area contributed by atoms with Crippen molar-refractivity contribution >= 4 is 11.6 Å². The summed E-state index contributed by atoms with van der Waals surface area (Å²) in [6, 6.07) is 14.0. The first-order chi connectivity index (χ1) is 13.8. The molecule has 0 spiro atoms. The van der Waals surface area contributed by atoms with Gasteiger partial charge < -0.3 is 9.26 Å². The van der Waals surface area contributed by atoms with E-state index in [9.17, 15) is 4.79 Å².